The van der Waals surface area contributed by atoms with Gasteiger partial charge in [0.2, 0.25) is 0 Å². The highest BCUT2D eigenvalue weighted by molar-refractivity contribution is 6.02. The SMILES string of the molecule is c1cnc(-c2cncc3ccccc23)c(-c2ccnc3ccccc23)c1. The van der Waals surface area contributed by atoms with Gasteiger partial charge >= 0.3 is 0 Å². The number of hydrogen-bond donors (Lipinski definition) is 0. The van der Waals surface area contributed by atoms with E-state index in [-0.39, 0.29) is 0 Å². The summed E-state index contributed by atoms with van der Waals surface area (Å²) >= 11 is 0. The molecule has 0 atom stereocenters. The van der Waals surface area contributed by atoms with E-state index in [4.69, 9.17) is 4.98 Å². The molecule has 3 nitrogen and oxygen atoms in total. The lowest BCUT2D eigenvalue weighted by molar-refractivity contribution is 1.30. The molecule has 0 spiro atoms. The fourth-order valence-electron chi connectivity index (χ4n) is 3.47. The predicted molar refractivity (Wildman–Crippen MR) is 106 cm³/mol. The first-order valence-electron chi connectivity index (χ1n) is 8.54. The quantitative estimate of drug-likeness (QED) is 0.427. The highest BCUT2D eigenvalue weighted by Gasteiger charge is 2.14. The van der Waals surface area contributed by atoms with Crippen LogP contribution in [0.15, 0.2) is 91.5 Å². The molecule has 0 aliphatic carbocycles. The molecule has 26 heavy (non-hydrogen) atoms. The van der Waals surface area contributed by atoms with Crippen molar-refractivity contribution in [2.24, 2.45) is 0 Å². The van der Waals surface area contributed by atoms with Gasteiger partial charge < -0.3 is 0 Å². The lowest BCUT2D eigenvalue weighted by Crippen LogP contribution is -1.92. The number of pyridine rings is 3. The lowest BCUT2D eigenvalue weighted by atomic mass is 9.95. The maximum atomic E-state index is 4.72. The fourth-order valence-corrected chi connectivity index (χ4v) is 3.47. The van der Waals surface area contributed by atoms with E-state index >= 15 is 0 Å². The minimum absolute atomic E-state index is 0.938. The Hall–Kier alpha value is -3.59. The number of fused-ring (bicyclic) bond motifs is 2. The minimum Gasteiger partial charge on any atom is -0.263 e. The van der Waals surface area contributed by atoms with Crippen LogP contribution in [0.1, 0.15) is 0 Å². The lowest BCUT2D eigenvalue weighted by Gasteiger charge is -2.12. The third-order valence-corrected chi connectivity index (χ3v) is 4.67. The van der Waals surface area contributed by atoms with Gasteiger partial charge in [0.1, 0.15) is 0 Å². The summed E-state index contributed by atoms with van der Waals surface area (Å²) in [5.74, 6) is 0. The average molecular weight is 333 g/mol. The van der Waals surface area contributed by atoms with E-state index in [0.717, 1.165) is 44.1 Å². The molecule has 3 aromatic heterocycles. The van der Waals surface area contributed by atoms with Crippen LogP contribution < -0.4 is 0 Å². The number of para-hydroxylation sites is 1. The molecule has 0 N–H and O–H groups in total. The van der Waals surface area contributed by atoms with Gasteiger partial charge in [-0.15, -0.1) is 0 Å². The van der Waals surface area contributed by atoms with Crippen LogP contribution in [0.25, 0.3) is 44.1 Å². The van der Waals surface area contributed by atoms with Crippen LogP contribution in [0.4, 0.5) is 0 Å². The summed E-state index contributed by atoms with van der Waals surface area (Å²) in [4.78, 5) is 13.6. The maximum absolute atomic E-state index is 4.72. The van der Waals surface area contributed by atoms with E-state index < -0.39 is 0 Å². The van der Waals surface area contributed by atoms with E-state index in [0.29, 0.717) is 0 Å². The van der Waals surface area contributed by atoms with Crippen LogP contribution in [0.5, 0.6) is 0 Å². The Kier molecular flexibility index (Phi) is 3.42. The Bertz CT molecular complexity index is 1140. The maximum Gasteiger partial charge on any atom is 0.0802 e. The van der Waals surface area contributed by atoms with E-state index in [1.165, 1.54) is 0 Å². The van der Waals surface area contributed by atoms with E-state index in [9.17, 15) is 0 Å². The summed E-state index contributed by atoms with van der Waals surface area (Å²) in [6.07, 6.45) is 7.49. The van der Waals surface area contributed by atoms with Gasteiger partial charge in [-0.05, 0) is 29.1 Å². The second-order valence-corrected chi connectivity index (χ2v) is 6.18. The Morgan fingerprint density at radius 2 is 1.38 bits per heavy atom. The normalized spacial score (nSPS) is 11.1. The highest BCUT2D eigenvalue weighted by atomic mass is 14.7. The number of nitrogens with zero attached hydrogens (tertiary/aromatic N) is 3. The first kappa shape index (κ1) is 14.7. The number of benzene rings is 2. The van der Waals surface area contributed by atoms with Gasteiger partial charge in [-0.25, -0.2) is 0 Å². The molecule has 0 saturated carbocycles. The van der Waals surface area contributed by atoms with Crippen LogP contribution in [0.3, 0.4) is 0 Å². The first-order chi connectivity index (χ1) is 12.9. The van der Waals surface area contributed by atoms with Gasteiger partial charge in [0.25, 0.3) is 0 Å². The summed E-state index contributed by atoms with van der Waals surface area (Å²) in [6, 6.07) is 22.6. The Morgan fingerprint density at radius 3 is 2.35 bits per heavy atom. The average Bonchev–Trinajstić information content (AvgIpc) is 2.73. The van der Waals surface area contributed by atoms with Crippen LogP contribution in [0.2, 0.25) is 0 Å². The van der Waals surface area contributed by atoms with Crippen molar-refractivity contribution in [2.45, 2.75) is 0 Å². The molecular formula is C23H15N3. The molecule has 0 bridgehead atoms. The van der Waals surface area contributed by atoms with Crippen molar-refractivity contribution in [1.82, 2.24) is 15.0 Å². The molecule has 0 aliphatic heterocycles. The molecule has 0 unspecified atom stereocenters. The Labute approximate surface area is 151 Å². The van der Waals surface area contributed by atoms with E-state index in [2.05, 4.69) is 46.4 Å². The van der Waals surface area contributed by atoms with Gasteiger partial charge in [-0.2, -0.15) is 0 Å². The standard InChI is InChI=1S/C23H15N3/c1-2-7-17-16(6-1)14-24-15-21(17)23-20(9-5-12-26-23)18-11-13-25-22-10-4-3-8-19(18)22/h1-15H. The van der Waals surface area contributed by atoms with Crippen molar-refractivity contribution in [3.63, 3.8) is 0 Å². The summed E-state index contributed by atoms with van der Waals surface area (Å²) in [7, 11) is 0. The molecule has 0 aliphatic rings. The van der Waals surface area contributed by atoms with Crippen molar-refractivity contribution >= 4 is 21.7 Å². The number of hydrogen-bond acceptors (Lipinski definition) is 3. The van der Waals surface area contributed by atoms with Crippen molar-refractivity contribution in [2.75, 3.05) is 0 Å². The van der Waals surface area contributed by atoms with Gasteiger partial charge in [0.05, 0.1) is 11.2 Å². The first-order valence-corrected chi connectivity index (χ1v) is 8.54. The second kappa shape index (κ2) is 6.05. The van der Waals surface area contributed by atoms with Gasteiger partial charge in [0, 0.05) is 46.7 Å². The Morgan fingerprint density at radius 1 is 0.538 bits per heavy atom. The van der Waals surface area contributed by atoms with Crippen LogP contribution in [0, 0.1) is 0 Å². The van der Waals surface area contributed by atoms with Gasteiger partial charge in [-0.1, -0.05) is 48.5 Å². The van der Waals surface area contributed by atoms with Crippen molar-refractivity contribution < 1.29 is 0 Å². The van der Waals surface area contributed by atoms with Crippen LogP contribution >= 0.6 is 0 Å². The zero-order valence-corrected chi connectivity index (χ0v) is 14.0. The predicted octanol–water partition coefficient (Wildman–Crippen LogP) is 5.51. The van der Waals surface area contributed by atoms with Crippen molar-refractivity contribution in [1.29, 1.82) is 0 Å². The van der Waals surface area contributed by atoms with Gasteiger partial charge in [0.15, 0.2) is 0 Å². The molecule has 5 aromatic rings. The van der Waals surface area contributed by atoms with E-state index in [1.54, 1.807) is 0 Å². The third kappa shape index (κ3) is 2.33. The monoisotopic (exact) mass is 333 g/mol. The molecule has 3 heterocycles. The summed E-state index contributed by atoms with van der Waals surface area (Å²) in [6.45, 7) is 0. The fraction of sp³-hybridized carbons (Fsp3) is 0. The second-order valence-electron chi connectivity index (χ2n) is 6.18. The molecule has 2 aromatic carbocycles. The summed E-state index contributed by atoms with van der Waals surface area (Å²) < 4.78 is 0. The molecule has 0 amide bonds. The minimum atomic E-state index is 0.938. The number of aromatic nitrogens is 3. The van der Waals surface area contributed by atoms with E-state index in [1.807, 2.05) is 55.1 Å². The summed E-state index contributed by atoms with van der Waals surface area (Å²) in [5.41, 5.74) is 5.18. The smallest absolute Gasteiger partial charge is 0.0802 e. The van der Waals surface area contributed by atoms with Crippen LogP contribution in [-0.2, 0) is 0 Å². The van der Waals surface area contributed by atoms with Crippen molar-refractivity contribution in [3.8, 4) is 22.4 Å². The molecule has 0 saturated heterocycles. The highest BCUT2D eigenvalue weighted by Crippen LogP contribution is 2.36. The molecule has 5 rings (SSSR count). The molecule has 0 radical (unpaired) electrons. The molecular weight excluding hydrogens is 318 g/mol. The Balaban J connectivity index is 1.83. The van der Waals surface area contributed by atoms with Gasteiger partial charge in [-0.3, -0.25) is 15.0 Å². The van der Waals surface area contributed by atoms with Crippen LogP contribution in [-0.4, -0.2) is 15.0 Å². The molecule has 3 heteroatoms. The topological polar surface area (TPSA) is 38.7 Å². The molecule has 0 fully saturated rings. The third-order valence-electron chi connectivity index (χ3n) is 4.67. The van der Waals surface area contributed by atoms with Crippen molar-refractivity contribution in [3.05, 3.63) is 91.5 Å². The zero-order valence-electron chi connectivity index (χ0n) is 14.0. The largest absolute Gasteiger partial charge is 0.263 e. The zero-order chi connectivity index (χ0) is 17.3. The summed E-state index contributed by atoms with van der Waals surface area (Å²) in [5, 5.41) is 3.39. The molecule has 122 valence electrons. The number of rotatable bonds is 2.